The number of hydrogen-bond donors (Lipinski definition) is 0. The Hall–Kier alpha value is -2.17. The van der Waals surface area contributed by atoms with E-state index < -0.39 is 0 Å². The van der Waals surface area contributed by atoms with E-state index in [0.29, 0.717) is 16.9 Å². The second-order valence-electron chi connectivity index (χ2n) is 8.66. The van der Waals surface area contributed by atoms with Gasteiger partial charge in [0.05, 0.1) is 0 Å². The van der Waals surface area contributed by atoms with Gasteiger partial charge in [-0.15, -0.1) is 0 Å². The van der Waals surface area contributed by atoms with Gasteiger partial charge >= 0.3 is 0 Å². The lowest BCUT2D eigenvalue weighted by Crippen LogP contribution is -2.30. The summed E-state index contributed by atoms with van der Waals surface area (Å²) in [7, 11) is 4.41. The monoisotopic (exact) mass is 423 g/mol. The summed E-state index contributed by atoms with van der Waals surface area (Å²) >= 11 is 6.07. The highest BCUT2D eigenvalue weighted by molar-refractivity contribution is 6.30. The molecule has 1 aliphatic carbocycles. The molecular formula is C25H30ClN3O. The quantitative estimate of drug-likeness (QED) is 0.439. The molecular weight excluding hydrogens is 394 g/mol. The maximum absolute atomic E-state index is 6.07. The Kier molecular flexibility index (Phi) is 6.86. The fourth-order valence-corrected chi connectivity index (χ4v) is 5.05. The van der Waals surface area contributed by atoms with Gasteiger partial charge in [-0.25, -0.2) is 0 Å². The van der Waals surface area contributed by atoms with Crippen molar-refractivity contribution in [1.29, 1.82) is 0 Å². The number of aryl methyl sites for hydroxylation is 1. The summed E-state index contributed by atoms with van der Waals surface area (Å²) in [6.07, 6.45) is 7.06. The molecule has 4 nitrogen and oxygen atoms in total. The van der Waals surface area contributed by atoms with E-state index in [1.807, 2.05) is 24.3 Å². The molecule has 2 aromatic carbocycles. The summed E-state index contributed by atoms with van der Waals surface area (Å²) in [6.45, 7) is 0. The standard InChI is InChI=1S/C25H30ClN3O/c1-29(2)24(19-7-4-3-5-8-19)20-14-11-18(12-15-20)13-16-23-27-25(28-30-23)21-9-6-10-22(26)17-21/h3-10,17-18,20,24H,11-16H2,1-2H3. The van der Waals surface area contributed by atoms with Gasteiger partial charge in [-0.2, -0.15) is 4.98 Å². The first kappa shape index (κ1) is 21.1. The van der Waals surface area contributed by atoms with Gasteiger partial charge in [0.1, 0.15) is 0 Å². The Morgan fingerprint density at radius 2 is 1.80 bits per heavy atom. The molecule has 1 heterocycles. The van der Waals surface area contributed by atoms with Crippen molar-refractivity contribution in [2.24, 2.45) is 11.8 Å². The summed E-state index contributed by atoms with van der Waals surface area (Å²) in [4.78, 5) is 6.95. The van der Waals surface area contributed by atoms with E-state index in [1.165, 1.54) is 31.2 Å². The van der Waals surface area contributed by atoms with E-state index in [9.17, 15) is 0 Å². The SMILES string of the molecule is CN(C)C(c1ccccc1)C1CCC(CCc2nc(-c3cccc(Cl)c3)no2)CC1. The van der Waals surface area contributed by atoms with Crippen molar-refractivity contribution in [2.45, 2.75) is 44.6 Å². The van der Waals surface area contributed by atoms with Crippen molar-refractivity contribution in [3.63, 3.8) is 0 Å². The van der Waals surface area contributed by atoms with Crippen LogP contribution in [0.4, 0.5) is 0 Å². The molecule has 0 spiro atoms. The smallest absolute Gasteiger partial charge is 0.226 e. The number of nitrogens with zero attached hydrogens (tertiary/aromatic N) is 3. The van der Waals surface area contributed by atoms with Crippen LogP contribution < -0.4 is 0 Å². The lowest BCUT2D eigenvalue weighted by molar-refractivity contribution is 0.145. The van der Waals surface area contributed by atoms with Gasteiger partial charge in [0.2, 0.25) is 11.7 Å². The van der Waals surface area contributed by atoms with E-state index in [1.54, 1.807) is 0 Å². The highest BCUT2D eigenvalue weighted by Gasteiger charge is 2.30. The second kappa shape index (κ2) is 9.76. The molecule has 0 N–H and O–H groups in total. The molecule has 158 valence electrons. The van der Waals surface area contributed by atoms with Crippen LogP contribution >= 0.6 is 11.6 Å². The fraction of sp³-hybridized carbons (Fsp3) is 0.440. The predicted octanol–water partition coefficient (Wildman–Crippen LogP) is 6.43. The van der Waals surface area contributed by atoms with E-state index in [4.69, 9.17) is 16.1 Å². The highest BCUT2D eigenvalue weighted by atomic mass is 35.5. The van der Waals surface area contributed by atoms with Crippen LogP contribution in [0.15, 0.2) is 59.1 Å². The topological polar surface area (TPSA) is 42.2 Å². The van der Waals surface area contributed by atoms with Crippen LogP contribution in [0.2, 0.25) is 5.02 Å². The van der Waals surface area contributed by atoms with Crippen molar-refractivity contribution >= 4 is 11.6 Å². The fourth-order valence-electron chi connectivity index (χ4n) is 4.86. The number of benzene rings is 2. The van der Waals surface area contributed by atoms with Gasteiger partial charge in [-0.1, -0.05) is 72.1 Å². The first-order chi connectivity index (χ1) is 14.6. The third-order valence-corrected chi connectivity index (χ3v) is 6.59. The molecule has 3 aromatic rings. The summed E-state index contributed by atoms with van der Waals surface area (Å²) in [5.41, 5.74) is 2.33. The van der Waals surface area contributed by atoms with Gasteiger partial charge in [0.25, 0.3) is 0 Å². The first-order valence-corrected chi connectivity index (χ1v) is 11.3. The zero-order valence-corrected chi connectivity index (χ0v) is 18.6. The van der Waals surface area contributed by atoms with Crippen LogP contribution in [0, 0.1) is 11.8 Å². The Morgan fingerprint density at radius 3 is 2.50 bits per heavy atom. The predicted molar refractivity (Wildman–Crippen MR) is 121 cm³/mol. The Bertz CT molecular complexity index is 932. The van der Waals surface area contributed by atoms with Crippen molar-refractivity contribution in [1.82, 2.24) is 15.0 Å². The van der Waals surface area contributed by atoms with E-state index in [0.717, 1.165) is 36.1 Å². The summed E-state index contributed by atoms with van der Waals surface area (Å²) in [6, 6.07) is 19.0. The van der Waals surface area contributed by atoms with E-state index in [-0.39, 0.29) is 0 Å². The molecule has 5 heteroatoms. The summed E-state index contributed by atoms with van der Waals surface area (Å²) in [5, 5.41) is 4.81. The minimum Gasteiger partial charge on any atom is -0.339 e. The van der Waals surface area contributed by atoms with Crippen LogP contribution in [-0.4, -0.2) is 29.1 Å². The highest BCUT2D eigenvalue weighted by Crippen LogP contribution is 2.40. The molecule has 0 amide bonds. The minimum absolute atomic E-state index is 0.503. The Morgan fingerprint density at radius 1 is 1.03 bits per heavy atom. The molecule has 1 aliphatic rings. The van der Waals surface area contributed by atoms with Crippen molar-refractivity contribution in [3.05, 3.63) is 71.1 Å². The Balaban J connectivity index is 1.30. The van der Waals surface area contributed by atoms with Crippen LogP contribution in [0.3, 0.4) is 0 Å². The van der Waals surface area contributed by atoms with Crippen molar-refractivity contribution in [3.8, 4) is 11.4 Å². The zero-order chi connectivity index (χ0) is 20.9. The van der Waals surface area contributed by atoms with E-state index in [2.05, 4.69) is 59.5 Å². The maximum Gasteiger partial charge on any atom is 0.226 e. The molecule has 1 atom stereocenters. The van der Waals surface area contributed by atoms with Gasteiger partial charge in [-0.3, -0.25) is 0 Å². The second-order valence-corrected chi connectivity index (χ2v) is 9.10. The average molecular weight is 424 g/mol. The molecule has 0 radical (unpaired) electrons. The third kappa shape index (κ3) is 5.11. The van der Waals surface area contributed by atoms with Gasteiger partial charge in [0.15, 0.2) is 0 Å². The molecule has 1 saturated carbocycles. The van der Waals surface area contributed by atoms with E-state index >= 15 is 0 Å². The summed E-state index contributed by atoms with van der Waals surface area (Å²) < 4.78 is 5.49. The molecule has 30 heavy (non-hydrogen) atoms. The summed E-state index contributed by atoms with van der Waals surface area (Å²) in [5.74, 6) is 2.80. The third-order valence-electron chi connectivity index (χ3n) is 6.35. The number of halogens is 1. The van der Waals surface area contributed by atoms with Gasteiger partial charge in [0, 0.05) is 23.0 Å². The zero-order valence-electron chi connectivity index (χ0n) is 17.8. The Labute approximate surface area is 184 Å². The molecule has 0 bridgehead atoms. The molecule has 1 fully saturated rings. The van der Waals surface area contributed by atoms with Crippen LogP contribution in [0.25, 0.3) is 11.4 Å². The lowest BCUT2D eigenvalue weighted by atomic mass is 9.75. The first-order valence-electron chi connectivity index (χ1n) is 10.9. The largest absolute Gasteiger partial charge is 0.339 e. The number of hydrogen-bond acceptors (Lipinski definition) is 4. The van der Waals surface area contributed by atoms with Crippen LogP contribution in [0.1, 0.15) is 49.6 Å². The normalized spacial score (nSPS) is 20.4. The maximum atomic E-state index is 6.07. The average Bonchev–Trinajstić information content (AvgIpc) is 3.23. The molecule has 0 aliphatic heterocycles. The van der Waals surface area contributed by atoms with Crippen LogP contribution in [0.5, 0.6) is 0 Å². The molecule has 1 aromatic heterocycles. The van der Waals surface area contributed by atoms with Crippen molar-refractivity contribution in [2.75, 3.05) is 14.1 Å². The van der Waals surface area contributed by atoms with Crippen LogP contribution in [-0.2, 0) is 6.42 Å². The van der Waals surface area contributed by atoms with Gasteiger partial charge < -0.3 is 9.42 Å². The lowest BCUT2D eigenvalue weighted by Gasteiger charge is -2.37. The molecule has 1 unspecified atom stereocenters. The van der Waals surface area contributed by atoms with Crippen molar-refractivity contribution < 1.29 is 4.52 Å². The minimum atomic E-state index is 0.503. The van der Waals surface area contributed by atoms with Gasteiger partial charge in [-0.05, 0) is 62.9 Å². The number of aromatic nitrogens is 2. The molecule has 0 saturated heterocycles. The molecule has 4 rings (SSSR count). The number of rotatable bonds is 7.